The molecule has 0 radical (unpaired) electrons. The third kappa shape index (κ3) is 4.67. The monoisotopic (exact) mass is 325 g/mol. The van der Waals surface area contributed by atoms with Crippen LogP contribution in [0.15, 0.2) is 0 Å². The van der Waals surface area contributed by atoms with Crippen LogP contribution in [0.1, 0.15) is 51.9 Å². The molecule has 5 nitrogen and oxygen atoms in total. The maximum absolute atomic E-state index is 10.0. The Kier molecular flexibility index (Phi) is 6.72. The highest BCUT2D eigenvalue weighted by atomic mass is 16.6. The minimum absolute atomic E-state index is 0.573. The number of hydrogen-bond donors (Lipinski definition) is 2. The van der Waals surface area contributed by atoms with Crippen molar-refractivity contribution in [2.24, 2.45) is 5.92 Å². The third-order valence-corrected chi connectivity index (χ3v) is 6.12. The van der Waals surface area contributed by atoms with E-state index in [9.17, 15) is 5.11 Å². The van der Waals surface area contributed by atoms with E-state index in [0.717, 1.165) is 31.5 Å². The molecule has 3 rings (SSSR count). The Bertz CT molecular complexity index is 341. The summed E-state index contributed by atoms with van der Waals surface area (Å²) in [5.74, 6) is 0.899. The molecule has 0 bridgehead atoms. The second kappa shape index (κ2) is 8.77. The molecule has 23 heavy (non-hydrogen) atoms. The van der Waals surface area contributed by atoms with Crippen molar-refractivity contribution in [3.8, 4) is 0 Å². The molecule has 5 heteroatoms. The number of hydrogen-bond acceptors (Lipinski definition) is 5. The van der Waals surface area contributed by atoms with Crippen molar-refractivity contribution in [2.45, 2.75) is 70.4 Å². The average molecular weight is 325 g/mol. The molecule has 0 aromatic rings. The fourth-order valence-electron chi connectivity index (χ4n) is 4.74. The lowest BCUT2D eigenvalue weighted by molar-refractivity contribution is -0.189. The molecule has 0 aliphatic carbocycles. The SMILES string of the molecule is CCOC(O)N1CCCC(N2CCC(C3CCCN3)CC2)CC1. The molecule has 3 fully saturated rings. The predicted octanol–water partition coefficient (Wildman–Crippen LogP) is 1.62. The zero-order valence-electron chi connectivity index (χ0n) is 14.8. The molecule has 134 valence electrons. The van der Waals surface area contributed by atoms with Crippen LogP contribution in [0.4, 0.5) is 0 Å². The molecular weight excluding hydrogens is 290 g/mol. The van der Waals surface area contributed by atoms with Crippen molar-refractivity contribution < 1.29 is 9.84 Å². The van der Waals surface area contributed by atoms with Crippen molar-refractivity contribution in [3.05, 3.63) is 0 Å². The van der Waals surface area contributed by atoms with E-state index < -0.39 is 6.41 Å². The van der Waals surface area contributed by atoms with Crippen molar-refractivity contribution in [2.75, 3.05) is 39.3 Å². The normalized spacial score (nSPS) is 33.7. The molecule has 0 aromatic carbocycles. The lowest BCUT2D eigenvalue weighted by Crippen LogP contribution is -2.45. The summed E-state index contributed by atoms with van der Waals surface area (Å²) >= 11 is 0. The standard InChI is InChI=1S/C18H35N3O2/c1-2-23-18(22)21-11-4-5-16(9-14-21)20-12-7-15(8-13-20)17-6-3-10-19-17/h15-19,22H,2-14H2,1H3. The molecular formula is C18H35N3O2. The number of likely N-dealkylation sites (tertiary alicyclic amines) is 2. The first-order valence-electron chi connectivity index (χ1n) is 9.79. The van der Waals surface area contributed by atoms with Gasteiger partial charge in [0.1, 0.15) is 0 Å². The van der Waals surface area contributed by atoms with Crippen LogP contribution in [-0.2, 0) is 4.74 Å². The van der Waals surface area contributed by atoms with Gasteiger partial charge in [0, 0.05) is 31.8 Å². The van der Waals surface area contributed by atoms with Gasteiger partial charge in [-0.3, -0.25) is 4.90 Å². The van der Waals surface area contributed by atoms with Crippen molar-refractivity contribution in [1.82, 2.24) is 15.1 Å². The van der Waals surface area contributed by atoms with E-state index in [0.29, 0.717) is 12.6 Å². The van der Waals surface area contributed by atoms with Gasteiger partial charge < -0.3 is 20.1 Å². The lowest BCUT2D eigenvalue weighted by atomic mass is 9.87. The molecule has 3 unspecified atom stereocenters. The minimum atomic E-state index is -0.710. The first-order chi connectivity index (χ1) is 11.3. The van der Waals surface area contributed by atoms with Gasteiger partial charge in [0.2, 0.25) is 6.41 Å². The summed E-state index contributed by atoms with van der Waals surface area (Å²) < 4.78 is 5.35. The molecule has 0 amide bonds. The number of ether oxygens (including phenoxy) is 1. The second-order valence-corrected chi connectivity index (χ2v) is 7.48. The number of aliphatic hydroxyl groups excluding tert-OH is 1. The summed E-state index contributed by atoms with van der Waals surface area (Å²) in [6.45, 7) is 8.18. The molecule has 0 aromatic heterocycles. The highest BCUT2D eigenvalue weighted by Gasteiger charge is 2.32. The largest absolute Gasteiger partial charge is 0.356 e. The number of aliphatic hydroxyl groups is 1. The predicted molar refractivity (Wildman–Crippen MR) is 92.2 cm³/mol. The van der Waals surface area contributed by atoms with E-state index in [1.807, 2.05) is 6.92 Å². The summed E-state index contributed by atoms with van der Waals surface area (Å²) in [5.41, 5.74) is 0. The molecule has 3 aliphatic heterocycles. The summed E-state index contributed by atoms with van der Waals surface area (Å²) in [6.07, 6.45) is 8.36. The van der Waals surface area contributed by atoms with Gasteiger partial charge in [-0.15, -0.1) is 0 Å². The minimum Gasteiger partial charge on any atom is -0.356 e. The summed E-state index contributed by atoms with van der Waals surface area (Å²) in [5, 5.41) is 13.7. The number of nitrogens with zero attached hydrogens (tertiary/aromatic N) is 2. The lowest BCUT2D eigenvalue weighted by Gasteiger charge is -2.39. The molecule has 0 spiro atoms. The van der Waals surface area contributed by atoms with Gasteiger partial charge in [-0.25, -0.2) is 0 Å². The highest BCUT2D eigenvalue weighted by Crippen LogP contribution is 2.28. The first-order valence-corrected chi connectivity index (χ1v) is 9.79. The number of rotatable bonds is 5. The van der Waals surface area contributed by atoms with Crippen LogP contribution >= 0.6 is 0 Å². The van der Waals surface area contributed by atoms with Crippen LogP contribution in [0, 0.1) is 5.92 Å². The van der Waals surface area contributed by atoms with Crippen LogP contribution in [0.5, 0.6) is 0 Å². The molecule has 3 saturated heterocycles. The van der Waals surface area contributed by atoms with E-state index in [-0.39, 0.29) is 0 Å². The smallest absolute Gasteiger partial charge is 0.216 e. The number of nitrogens with one attached hydrogen (secondary N) is 1. The maximum atomic E-state index is 10.0. The van der Waals surface area contributed by atoms with Gasteiger partial charge in [0.05, 0.1) is 0 Å². The molecule has 3 atom stereocenters. The van der Waals surface area contributed by atoms with Gasteiger partial charge in [0.15, 0.2) is 0 Å². The zero-order chi connectivity index (χ0) is 16.1. The van der Waals surface area contributed by atoms with Gasteiger partial charge >= 0.3 is 0 Å². The van der Waals surface area contributed by atoms with Gasteiger partial charge in [0.25, 0.3) is 0 Å². The van der Waals surface area contributed by atoms with Crippen LogP contribution in [0.25, 0.3) is 0 Å². The molecule has 3 heterocycles. The molecule has 0 saturated carbocycles. The topological polar surface area (TPSA) is 48.0 Å². The van der Waals surface area contributed by atoms with E-state index >= 15 is 0 Å². The van der Waals surface area contributed by atoms with Crippen LogP contribution < -0.4 is 5.32 Å². The quantitative estimate of drug-likeness (QED) is 0.752. The molecule has 2 N–H and O–H groups in total. The average Bonchev–Trinajstić information content (AvgIpc) is 3.00. The summed E-state index contributed by atoms with van der Waals surface area (Å²) in [7, 11) is 0. The number of piperidine rings is 1. The van der Waals surface area contributed by atoms with E-state index in [1.165, 1.54) is 58.2 Å². The van der Waals surface area contributed by atoms with Crippen LogP contribution in [0.2, 0.25) is 0 Å². The van der Waals surface area contributed by atoms with Crippen LogP contribution in [-0.4, -0.2) is 72.7 Å². The summed E-state index contributed by atoms with van der Waals surface area (Å²) in [6, 6.07) is 1.49. The summed E-state index contributed by atoms with van der Waals surface area (Å²) in [4.78, 5) is 4.82. The highest BCUT2D eigenvalue weighted by molar-refractivity contribution is 4.88. The fraction of sp³-hybridized carbons (Fsp3) is 1.00. The Labute approximate surface area is 141 Å². The molecule has 3 aliphatic rings. The fourth-order valence-corrected chi connectivity index (χ4v) is 4.74. The van der Waals surface area contributed by atoms with Gasteiger partial charge in [-0.2, -0.15) is 0 Å². The van der Waals surface area contributed by atoms with E-state index in [4.69, 9.17) is 4.74 Å². The van der Waals surface area contributed by atoms with E-state index in [2.05, 4.69) is 15.1 Å². The Morgan fingerprint density at radius 3 is 2.57 bits per heavy atom. The Morgan fingerprint density at radius 2 is 1.87 bits per heavy atom. The first kappa shape index (κ1) is 17.6. The van der Waals surface area contributed by atoms with Crippen molar-refractivity contribution in [1.29, 1.82) is 0 Å². The Morgan fingerprint density at radius 1 is 1.04 bits per heavy atom. The van der Waals surface area contributed by atoms with Crippen molar-refractivity contribution in [3.63, 3.8) is 0 Å². The zero-order valence-corrected chi connectivity index (χ0v) is 14.8. The maximum Gasteiger partial charge on any atom is 0.216 e. The van der Waals surface area contributed by atoms with Gasteiger partial charge in [-0.1, -0.05) is 0 Å². The van der Waals surface area contributed by atoms with Crippen molar-refractivity contribution >= 4 is 0 Å². The second-order valence-electron chi connectivity index (χ2n) is 7.48. The van der Waals surface area contributed by atoms with Crippen LogP contribution in [0.3, 0.4) is 0 Å². The Balaban J connectivity index is 1.43. The third-order valence-electron chi connectivity index (χ3n) is 6.12. The van der Waals surface area contributed by atoms with E-state index in [1.54, 1.807) is 0 Å². The van der Waals surface area contributed by atoms with Gasteiger partial charge in [-0.05, 0) is 77.4 Å². The Hall–Kier alpha value is -0.200.